The molecular weight excluding hydrogens is 408 g/mol. The van der Waals surface area contributed by atoms with Crippen LogP contribution in [0.15, 0.2) is 24.3 Å². The van der Waals surface area contributed by atoms with E-state index in [1.807, 2.05) is 0 Å². The number of carboxylic acid groups (broad SMARTS) is 2. The lowest BCUT2D eigenvalue weighted by molar-refractivity contribution is -0.394. The van der Waals surface area contributed by atoms with Crippen molar-refractivity contribution in [1.82, 2.24) is 0 Å². The SMILES string of the molecule is Cc1cc(N)c(C(=O)O)c([N+](=O)[O-])c1.Cc1cc([N+](=O)[O-])c(C(=O)O)c([N+](=O)[O-])c1. The first-order chi connectivity index (χ1) is 13.8. The lowest BCUT2D eigenvalue weighted by atomic mass is 10.1. The van der Waals surface area contributed by atoms with Crippen LogP contribution >= 0.6 is 0 Å². The van der Waals surface area contributed by atoms with E-state index < -0.39 is 54.9 Å². The Morgan fingerprint density at radius 3 is 1.33 bits per heavy atom. The summed E-state index contributed by atoms with van der Waals surface area (Å²) >= 11 is 0. The topological polar surface area (TPSA) is 230 Å². The molecule has 0 aromatic heterocycles. The second-order valence-electron chi connectivity index (χ2n) is 5.81. The standard InChI is InChI=1S/C8H6N2O6.C8H8N2O4/c1-4-2-5(9(13)14)7(8(11)12)6(3-4)10(15)16;1-4-2-5(9)7(8(11)12)6(3-4)10(13)14/h2-3H,1H3,(H,11,12);2-3H,9H2,1H3,(H,11,12). The predicted octanol–water partition coefficient (Wildman–Crippen LogP) is 2.69. The van der Waals surface area contributed by atoms with Crippen LogP contribution in [0.4, 0.5) is 22.7 Å². The highest BCUT2D eigenvalue weighted by molar-refractivity contribution is 5.98. The highest BCUT2D eigenvalue weighted by Crippen LogP contribution is 2.30. The number of hydrogen-bond donors (Lipinski definition) is 3. The van der Waals surface area contributed by atoms with Crippen molar-refractivity contribution in [2.24, 2.45) is 0 Å². The third kappa shape index (κ3) is 5.22. The molecule has 158 valence electrons. The molecule has 14 heteroatoms. The molecule has 0 unspecified atom stereocenters. The molecule has 30 heavy (non-hydrogen) atoms. The molecule has 14 nitrogen and oxygen atoms in total. The number of hydrogen-bond acceptors (Lipinski definition) is 9. The Morgan fingerprint density at radius 1 is 0.733 bits per heavy atom. The smallest absolute Gasteiger partial charge is 0.349 e. The molecule has 0 bridgehead atoms. The summed E-state index contributed by atoms with van der Waals surface area (Å²) in [5, 5.41) is 49.1. The number of nitrogens with two attached hydrogens (primary N) is 1. The zero-order chi connectivity index (χ0) is 23.3. The number of anilines is 1. The molecule has 4 N–H and O–H groups in total. The van der Waals surface area contributed by atoms with Gasteiger partial charge in [-0.2, -0.15) is 0 Å². The van der Waals surface area contributed by atoms with Crippen molar-refractivity contribution in [3.8, 4) is 0 Å². The van der Waals surface area contributed by atoms with Gasteiger partial charge in [-0.05, 0) is 31.0 Å². The van der Waals surface area contributed by atoms with E-state index in [0.717, 1.165) is 12.1 Å². The largest absolute Gasteiger partial charge is 0.477 e. The van der Waals surface area contributed by atoms with E-state index in [2.05, 4.69) is 0 Å². The summed E-state index contributed by atoms with van der Waals surface area (Å²) in [4.78, 5) is 50.4. The van der Waals surface area contributed by atoms with Gasteiger partial charge in [0.05, 0.1) is 20.5 Å². The summed E-state index contributed by atoms with van der Waals surface area (Å²) in [7, 11) is 0. The van der Waals surface area contributed by atoms with E-state index in [4.69, 9.17) is 15.9 Å². The van der Waals surface area contributed by atoms with Crippen LogP contribution in [0, 0.1) is 44.2 Å². The van der Waals surface area contributed by atoms with Gasteiger partial charge in [0, 0.05) is 18.2 Å². The fourth-order valence-corrected chi connectivity index (χ4v) is 2.43. The minimum atomic E-state index is -1.70. The van der Waals surface area contributed by atoms with Gasteiger partial charge in [-0.15, -0.1) is 0 Å². The monoisotopic (exact) mass is 422 g/mol. The highest BCUT2D eigenvalue weighted by Gasteiger charge is 2.31. The molecule has 0 saturated heterocycles. The first-order valence-corrected chi connectivity index (χ1v) is 7.72. The van der Waals surface area contributed by atoms with Crippen LogP contribution in [0.2, 0.25) is 0 Å². The summed E-state index contributed by atoms with van der Waals surface area (Å²) in [6, 6.07) is 4.53. The van der Waals surface area contributed by atoms with Crippen molar-refractivity contribution in [3.05, 3.63) is 76.9 Å². The molecule has 0 heterocycles. The molecule has 0 aliphatic rings. The van der Waals surface area contributed by atoms with Gasteiger partial charge in [0.25, 0.3) is 17.1 Å². The van der Waals surface area contributed by atoms with E-state index in [-0.39, 0.29) is 11.3 Å². The molecule has 0 fully saturated rings. The van der Waals surface area contributed by atoms with Crippen molar-refractivity contribution in [1.29, 1.82) is 0 Å². The van der Waals surface area contributed by atoms with Crippen LogP contribution in [-0.4, -0.2) is 36.9 Å². The average molecular weight is 422 g/mol. The summed E-state index contributed by atoms with van der Waals surface area (Å²) in [6.45, 7) is 3.01. The third-order valence-corrected chi connectivity index (χ3v) is 3.55. The third-order valence-electron chi connectivity index (χ3n) is 3.55. The number of nitro benzene ring substituents is 3. The first-order valence-electron chi connectivity index (χ1n) is 7.72. The van der Waals surface area contributed by atoms with Crippen LogP contribution in [0.5, 0.6) is 0 Å². The van der Waals surface area contributed by atoms with Crippen LogP contribution in [0.3, 0.4) is 0 Å². The van der Waals surface area contributed by atoms with Crippen molar-refractivity contribution in [2.45, 2.75) is 13.8 Å². The van der Waals surface area contributed by atoms with Crippen molar-refractivity contribution in [3.63, 3.8) is 0 Å². The fourth-order valence-electron chi connectivity index (χ4n) is 2.43. The average Bonchev–Trinajstić information content (AvgIpc) is 2.59. The molecule has 0 aliphatic carbocycles. The molecule has 2 rings (SSSR count). The van der Waals surface area contributed by atoms with Gasteiger partial charge in [0.2, 0.25) is 5.56 Å². The molecular formula is C16H14N4O10. The highest BCUT2D eigenvalue weighted by atomic mass is 16.6. The second kappa shape index (κ2) is 9.05. The van der Waals surface area contributed by atoms with E-state index in [0.29, 0.717) is 5.56 Å². The first kappa shape index (κ1) is 23.4. The molecule has 0 saturated carbocycles. The van der Waals surface area contributed by atoms with Gasteiger partial charge in [-0.25, -0.2) is 9.59 Å². The summed E-state index contributed by atoms with van der Waals surface area (Å²) in [5.74, 6) is -3.09. The van der Waals surface area contributed by atoms with E-state index in [1.165, 1.54) is 19.1 Å². The Labute approximate surface area is 166 Å². The molecule has 0 spiro atoms. The second-order valence-corrected chi connectivity index (χ2v) is 5.81. The predicted molar refractivity (Wildman–Crippen MR) is 101 cm³/mol. The normalized spacial score (nSPS) is 9.80. The molecule has 2 aromatic rings. The Kier molecular flexibility index (Phi) is 7.06. The van der Waals surface area contributed by atoms with E-state index >= 15 is 0 Å². The molecule has 2 aromatic carbocycles. The Balaban J connectivity index is 0.000000303. The van der Waals surface area contributed by atoms with Gasteiger partial charge in [0.15, 0.2) is 5.56 Å². The van der Waals surface area contributed by atoms with Gasteiger partial charge >= 0.3 is 11.9 Å². The quantitative estimate of drug-likeness (QED) is 0.360. The van der Waals surface area contributed by atoms with Crippen LogP contribution in [-0.2, 0) is 0 Å². The van der Waals surface area contributed by atoms with Gasteiger partial charge in [-0.1, -0.05) is 0 Å². The van der Waals surface area contributed by atoms with Gasteiger partial charge in [0.1, 0.15) is 0 Å². The maximum Gasteiger partial charge on any atom is 0.349 e. The zero-order valence-corrected chi connectivity index (χ0v) is 15.4. The fraction of sp³-hybridized carbons (Fsp3) is 0.125. The van der Waals surface area contributed by atoms with Crippen LogP contribution < -0.4 is 5.73 Å². The molecule has 0 radical (unpaired) electrons. The molecule has 0 amide bonds. The summed E-state index contributed by atoms with van der Waals surface area (Å²) in [6.07, 6.45) is 0. The lowest BCUT2D eigenvalue weighted by Crippen LogP contribution is -2.07. The molecule has 0 atom stereocenters. The Morgan fingerprint density at radius 2 is 1.03 bits per heavy atom. The number of benzene rings is 2. The van der Waals surface area contributed by atoms with Crippen molar-refractivity contribution < 1.29 is 34.6 Å². The number of rotatable bonds is 5. The number of nitrogen functional groups attached to an aromatic ring is 1. The van der Waals surface area contributed by atoms with Crippen molar-refractivity contribution >= 4 is 34.7 Å². The zero-order valence-electron chi connectivity index (χ0n) is 15.4. The van der Waals surface area contributed by atoms with Gasteiger partial charge < -0.3 is 15.9 Å². The minimum absolute atomic E-state index is 0.0933. The number of aromatic carboxylic acids is 2. The summed E-state index contributed by atoms with van der Waals surface area (Å²) < 4.78 is 0. The summed E-state index contributed by atoms with van der Waals surface area (Å²) in [5.41, 5.74) is 2.70. The molecule has 0 aliphatic heterocycles. The maximum atomic E-state index is 10.8. The van der Waals surface area contributed by atoms with Crippen LogP contribution in [0.1, 0.15) is 31.8 Å². The number of carbonyl (C=O) groups is 2. The number of carboxylic acids is 2. The minimum Gasteiger partial charge on any atom is -0.477 e. The van der Waals surface area contributed by atoms with Crippen LogP contribution in [0.25, 0.3) is 0 Å². The van der Waals surface area contributed by atoms with Gasteiger partial charge in [-0.3, -0.25) is 30.3 Å². The Bertz CT molecular complexity index is 1040. The Hall–Kier alpha value is -4.62. The van der Waals surface area contributed by atoms with E-state index in [1.54, 1.807) is 6.92 Å². The number of nitrogens with zero attached hydrogens (tertiary/aromatic N) is 3. The van der Waals surface area contributed by atoms with Crippen molar-refractivity contribution in [2.75, 3.05) is 5.73 Å². The number of aryl methyl sites for hydroxylation is 2. The van der Waals surface area contributed by atoms with E-state index in [9.17, 15) is 39.9 Å². The maximum absolute atomic E-state index is 10.8. The number of nitro groups is 3. The lowest BCUT2D eigenvalue weighted by Gasteiger charge is -2.03.